The van der Waals surface area contributed by atoms with Crippen LogP contribution in [0.5, 0.6) is 0 Å². The molecular formula is C45H80N4O8P+. The highest BCUT2D eigenvalue weighted by Crippen LogP contribution is 2.45. The van der Waals surface area contributed by atoms with Gasteiger partial charge < -0.3 is 18.9 Å². The van der Waals surface area contributed by atoms with Crippen molar-refractivity contribution in [1.29, 1.82) is 0 Å². The van der Waals surface area contributed by atoms with Crippen LogP contribution in [0.25, 0.3) is 0 Å². The van der Waals surface area contributed by atoms with Crippen molar-refractivity contribution in [3.8, 4) is 0 Å². The Hall–Kier alpha value is -2.63. The molecule has 1 aromatic carbocycles. The second-order valence-corrected chi connectivity index (χ2v) is 18.1. The van der Waals surface area contributed by atoms with Crippen LogP contribution in [0.15, 0.2) is 36.5 Å². The van der Waals surface area contributed by atoms with Crippen molar-refractivity contribution in [3.63, 3.8) is 0 Å². The van der Waals surface area contributed by atoms with Crippen LogP contribution in [-0.2, 0) is 45.8 Å². The molecular weight excluding hydrogens is 755 g/mol. The van der Waals surface area contributed by atoms with Crippen LogP contribution in [-0.4, -0.2) is 75.9 Å². The zero-order valence-electron chi connectivity index (χ0n) is 37.0. The molecule has 0 saturated carbocycles. The average Bonchev–Trinajstić information content (AvgIpc) is 3.61. The highest BCUT2D eigenvalue weighted by atomic mass is 31.2. The number of likely N-dealkylation sites (N-methyl/N-ethyl adjacent to an activating group) is 1. The van der Waals surface area contributed by atoms with Gasteiger partial charge in [-0.15, -0.1) is 5.10 Å². The maximum atomic E-state index is 13.2. The highest BCUT2D eigenvalue weighted by molar-refractivity contribution is 7.47. The number of benzene rings is 1. The molecule has 0 radical (unpaired) electrons. The van der Waals surface area contributed by atoms with Gasteiger partial charge in [-0.25, -0.2) is 13.8 Å². The summed E-state index contributed by atoms with van der Waals surface area (Å²) in [6, 6.07) is 10.00. The van der Waals surface area contributed by atoms with Crippen molar-refractivity contribution in [1.82, 2.24) is 15.0 Å². The predicted molar refractivity (Wildman–Crippen MR) is 231 cm³/mol. The number of phosphoric acid groups is 1. The first-order chi connectivity index (χ1) is 27.9. The Morgan fingerprint density at radius 1 is 0.724 bits per heavy atom. The number of quaternary nitrogens is 1. The maximum absolute atomic E-state index is 13.2. The first-order valence-electron chi connectivity index (χ1n) is 22.7. The first kappa shape index (κ1) is 51.5. The molecule has 3 atom stereocenters. The monoisotopic (exact) mass is 836 g/mol. The number of rotatable bonds is 37. The molecule has 0 aliphatic rings. The number of ether oxygens (including phenoxy) is 2. The minimum Gasteiger partial charge on any atom is -0.456 e. The second kappa shape index (κ2) is 31.3. The van der Waals surface area contributed by atoms with Crippen molar-refractivity contribution in [3.05, 3.63) is 47.8 Å². The van der Waals surface area contributed by atoms with Crippen molar-refractivity contribution in [2.75, 3.05) is 27.2 Å². The van der Waals surface area contributed by atoms with Crippen LogP contribution >= 0.6 is 7.82 Å². The Morgan fingerprint density at radius 3 is 1.69 bits per heavy atom. The molecule has 2 unspecified atom stereocenters. The van der Waals surface area contributed by atoms with Crippen LogP contribution in [0.3, 0.4) is 0 Å². The first-order valence-corrected chi connectivity index (χ1v) is 24.2. The number of carbonyl (C=O) groups is 2. The van der Waals surface area contributed by atoms with E-state index in [1.807, 2.05) is 50.6 Å². The molecule has 1 aromatic heterocycles. The molecule has 1 heterocycles. The van der Waals surface area contributed by atoms with Crippen LogP contribution in [0.4, 0.5) is 0 Å². The van der Waals surface area contributed by atoms with E-state index in [0.29, 0.717) is 37.0 Å². The molecule has 13 heteroatoms. The largest absolute Gasteiger partial charge is 0.475 e. The van der Waals surface area contributed by atoms with E-state index < -0.39 is 32.2 Å². The Kier molecular flexibility index (Phi) is 27.8. The van der Waals surface area contributed by atoms with Gasteiger partial charge in [0.1, 0.15) is 25.4 Å². The zero-order valence-corrected chi connectivity index (χ0v) is 37.9. The number of esters is 2. The number of hydrogen-bond donors (Lipinski definition) is 1. The summed E-state index contributed by atoms with van der Waals surface area (Å²) in [7, 11) is -0.806. The van der Waals surface area contributed by atoms with E-state index >= 15 is 0 Å². The van der Waals surface area contributed by atoms with Crippen LogP contribution in [0.2, 0.25) is 0 Å². The Bertz CT molecular complexity index is 1390. The lowest BCUT2D eigenvalue weighted by molar-refractivity contribution is -0.904. The minimum atomic E-state index is -4.72. The molecule has 58 heavy (non-hydrogen) atoms. The Morgan fingerprint density at radius 2 is 1.19 bits per heavy atom. The van der Waals surface area contributed by atoms with Crippen molar-refractivity contribution < 1.29 is 42.1 Å². The minimum absolute atomic E-state index is 0.120. The van der Waals surface area contributed by atoms with E-state index in [0.717, 1.165) is 49.8 Å². The van der Waals surface area contributed by atoms with E-state index in [4.69, 9.17) is 18.5 Å². The summed E-state index contributed by atoms with van der Waals surface area (Å²) in [6.45, 7) is 7.32. The van der Waals surface area contributed by atoms with Gasteiger partial charge in [-0.3, -0.25) is 14.1 Å². The molecule has 2 aromatic rings. The predicted octanol–water partition coefficient (Wildman–Crippen LogP) is 11.2. The van der Waals surface area contributed by atoms with Gasteiger partial charge in [0.15, 0.2) is 6.10 Å². The molecule has 1 N–H and O–H groups in total. The summed E-state index contributed by atoms with van der Waals surface area (Å²) in [5, 5.41) is 8.55. The maximum Gasteiger partial charge on any atom is 0.475 e. The second-order valence-electron chi connectivity index (χ2n) is 16.7. The van der Waals surface area contributed by atoms with Crippen LogP contribution < -0.4 is 0 Å². The van der Waals surface area contributed by atoms with Crippen molar-refractivity contribution >= 4 is 19.8 Å². The highest BCUT2D eigenvalue weighted by Gasteiger charge is 2.35. The van der Waals surface area contributed by atoms with Gasteiger partial charge in [-0.2, -0.15) is 0 Å². The third-order valence-corrected chi connectivity index (χ3v) is 11.5. The number of nitrogens with zero attached hydrogens (tertiary/aromatic N) is 4. The molecule has 0 aliphatic heterocycles. The lowest BCUT2D eigenvalue weighted by Gasteiger charge is -2.29. The smallest absolute Gasteiger partial charge is 0.456 e. The summed E-state index contributed by atoms with van der Waals surface area (Å²) in [6.07, 6.45) is 25.0. The Balaban J connectivity index is 1.83. The fourth-order valence-corrected chi connectivity index (χ4v) is 7.77. The lowest BCUT2D eigenvalue weighted by atomic mass is 10.1. The number of phosphoric ester groups is 1. The topological polar surface area (TPSA) is 139 Å². The van der Waals surface area contributed by atoms with Crippen LogP contribution in [0, 0.1) is 0 Å². The normalized spacial score (nSPS) is 13.9. The molecule has 0 aliphatic carbocycles. The number of carbonyl (C=O) groups excluding carboxylic acids is 2. The number of aromatic nitrogens is 3. The standard InChI is InChI=1S/C45H79N4O8P/c1-6-8-10-12-14-16-18-20-22-24-29-33-43(50)55-40(3)45(56-44(51)34-30-25-23-21-19-17-15-13-11-9-7-2)57-58(52,53)54-36-35-49(4,5)39-42-38-48(47-46-42)37-41-31-27-26-28-32-41/h26-28,31-32,38,40,45H,6-25,29-30,33-37,39H2,1-5H3/p+1/t40-,45?/m1/s1. The number of unbranched alkanes of at least 4 members (excludes halogenated alkanes) is 20. The summed E-state index contributed by atoms with van der Waals surface area (Å²) < 4.78 is 37.3. The van der Waals surface area contributed by atoms with Gasteiger partial charge >= 0.3 is 19.8 Å². The SMILES string of the molecule is CCCCCCCCCCCCCC(=O)OC(OP(=O)(O)OCC[N+](C)(C)Cc1cn(Cc2ccccc2)nn1)[C@@H](C)OC(=O)CCCCCCCCCCCCC. The van der Waals surface area contributed by atoms with Gasteiger partial charge in [0.2, 0.25) is 6.29 Å². The number of hydrogen-bond acceptors (Lipinski definition) is 9. The summed E-state index contributed by atoms with van der Waals surface area (Å²) in [5.41, 5.74) is 1.89. The molecule has 0 spiro atoms. The molecule has 0 saturated heterocycles. The van der Waals surface area contributed by atoms with E-state index in [9.17, 15) is 19.0 Å². The fraction of sp³-hybridized carbons (Fsp3) is 0.778. The van der Waals surface area contributed by atoms with Gasteiger partial charge in [-0.1, -0.05) is 178 Å². The average molecular weight is 836 g/mol. The summed E-state index contributed by atoms with van der Waals surface area (Å²) in [4.78, 5) is 36.5. The van der Waals surface area contributed by atoms with E-state index in [2.05, 4.69) is 24.2 Å². The van der Waals surface area contributed by atoms with Crippen molar-refractivity contribution in [2.45, 2.75) is 200 Å². The van der Waals surface area contributed by atoms with Crippen molar-refractivity contribution in [2.24, 2.45) is 0 Å². The third-order valence-electron chi connectivity index (χ3n) is 10.5. The molecule has 0 fully saturated rings. The van der Waals surface area contributed by atoms with Gasteiger partial charge in [0.05, 0.1) is 26.8 Å². The van der Waals surface area contributed by atoms with E-state index in [1.54, 1.807) is 4.68 Å². The lowest BCUT2D eigenvalue weighted by Crippen LogP contribution is -2.41. The summed E-state index contributed by atoms with van der Waals surface area (Å²) >= 11 is 0. The van der Waals surface area contributed by atoms with E-state index in [-0.39, 0.29) is 19.4 Å². The molecule has 0 amide bonds. The zero-order chi connectivity index (χ0) is 42.3. The fourth-order valence-electron chi connectivity index (χ4n) is 6.92. The van der Waals surface area contributed by atoms with Gasteiger partial charge in [0, 0.05) is 12.8 Å². The molecule has 332 valence electrons. The molecule has 2 rings (SSSR count). The Labute approximate surface area is 351 Å². The summed E-state index contributed by atoms with van der Waals surface area (Å²) in [5.74, 6) is -1.04. The van der Waals surface area contributed by atoms with Crippen LogP contribution in [0.1, 0.15) is 186 Å². The molecule has 0 bridgehead atoms. The molecule has 12 nitrogen and oxygen atoms in total. The third kappa shape index (κ3) is 26.5. The quantitative estimate of drug-likeness (QED) is 0.0230. The van der Waals surface area contributed by atoms with E-state index in [1.165, 1.54) is 96.8 Å². The van der Waals surface area contributed by atoms with Gasteiger partial charge in [0.25, 0.3) is 0 Å². The van der Waals surface area contributed by atoms with Gasteiger partial charge in [-0.05, 0) is 25.3 Å².